The van der Waals surface area contributed by atoms with Gasteiger partial charge in [-0.05, 0) is 42.9 Å². The maximum absolute atomic E-state index is 11.8. The third-order valence-corrected chi connectivity index (χ3v) is 3.56. The zero-order chi connectivity index (χ0) is 12.8. The Morgan fingerprint density at radius 2 is 2.06 bits per heavy atom. The van der Waals surface area contributed by atoms with Gasteiger partial charge in [0.2, 0.25) is 5.91 Å². The number of amides is 1. The molecule has 1 aromatic rings. The number of hydrogen-bond acceptors (Lipinski definition) is 2. The van der Waals surface area contributed by atoms with Crippen molar-refractivity contribution in [2.45, 2.75) is 30.6 Å². The summed E-state index contributed by atoms with van der Waals surface area (Å²) in [6.45, 7) is 0.799. The van der Waals surface area contributed by atoms with Gasteiger partial charge < -0.3 is 5.32 Å². The predicted molar refractivity (Wildman–Crippen MR) is 76.9 cm³/mol. The quantitative estimate of drug-likeness (QED) is 0.633. The van der Waals surface area contributed by atoms with Crippen molar-refractivity contribution in [1.82, 2.24) is 5.32 Å². The molecule has 0 saturated carbocycles. The highest BCUT2D eigenvalue weighted by Gasteiger charge is 2.11. The summed E-state index contributed by atoms with van der Waals surface area (Å²) in [6.07, 6.45) is 8.31. The lowest BCUT2D eigenvalue weighted by molar-refractivity contribution is -0.120. The average molecular weight is 261 g/mol. The van der Waals surface area contributed by atoms with E-state index in [4.69, 9.17) is 0 Å². The standard InChI is InChI=1S/C15H19NOS/c17-15(10-12-6-8-14(18)9-7-12)16-11-13-4-2-1-3-5-13/h1-2,6-9,13,18H,3-5,10-11H2,(H,16,17). The molecule has 1 amide bonds. The van der Waals surface area contributed by atoms with Crippen LogP contribution in [0.1, 0.15) is 24.8 Å². The second kappa shape index (κ2) is 6.64. The van der Waals surface area contributed by atoms with Crippen LogP contribution in [0, 0.1) is 5.92 Å². The van der Waals surface area contributed by atoms with E-state index in [9.17, 15) is 4.79 Å². The number of hydrogen-bond donors (Lipinski definition) is 2. The van der Waals surface area contributed by atoms with E-state index in [0.29, 0.717) is 12.3 Å². The van der Waals surface area contributed by atoms with Gasteiger partial charge in [0.05, 0.1) is 6.42 Å². The van der Waals surface area contributed by atoms with Crippen LogP contribution in [0.3, 0.4) is 0 Å². The van der Waals surface area contributed by atoms with Crippen molar-refractivity contribution in [2.75, 3.05) is 6.54 Å². The summed E-state index contributed by atoms with van der Waals surface area (Å²) in [5.74, 6) is 0.718. The van der Waals surface area contributed by atoms with Crippen molar-refractivity contribution >= 4 is 18.5 Å². The van der Waals surface area contributed by atoms with Gasteiger partial charge >= 0.3 is 0 Å². The number of benzene rings is 1. The minimum absolute atomic E-state index is 0.108. The van der Waals surface area contributed by atoms with Crippen molar-refractivity contribution in [3.63, 3.8) is 0 Å². The average Bonchev–Trinajstić information content (AvgIpc) is 2.40. The summed E-state index contributed by atoms with van der Waals surface area (Å²) >= 11 is 4.23. The van der Waals surface area contributed by atoms with E-state index < -0.39 is 0 Å². The predicted octanol–water partition coefficient (Wildman–Crippen LogP) is 2.99. The first-order valence-corrected chi connectivity index (χ1v) is 6.88. The van der Waals surface area contributed by atoms with Crippen molar-refractivity contribution in [3.05, 3.63) is 42.0 Å². The summed E-state index contributed by atoms with van der Waals surface area (Å²) in [5.41, 5.74) is 1.04. The van der Waals surface area contributed by atoms with Crippen LogP contribution >= 0.6 is 12.6 Å². The molecule has 96 valence electrons. The van der Waals surface area contributed by atoms with E-state index >= 15 is 0 Å². The molecule has 1 atom stereocenters. The molecule has 0 aliphatic heterocycles. The van der Waals surface area contributed by atoms with E-state index in [2.05, 4.69) is 30.1 Å². The molecule has 0 spiro atoms. The third kappa shape index (κ3) is 4.22. The normalized spacial score (nSPS) is 18.6. The summed E-state index contributed by atoms with van der Waals surface area (Å²) in [6, 6.07) is 7.73. The molecule has 1 aromatic carbocycles. The Morgan fingerprint density at radius 1 is 1.28 bits per heavy atom. The van der Waals surface area contributed by atoms with Crippen molar-refractivity contribution < 1.29 is 4.79 Å². The lowest BCUT2D eigenvalue weighted by Crippen LogP contribution is -2.30. The molecule has 0 aromatic heterocycles. The van der Waals surface area contributed by atoms with Crippen molar-refractivity contribution in [2.24, 2.45) is 5.92 Å². The molecule has 0 radical (unpaired) electrons. The molecule has 1 aliphatic rings. The number of carbonyl (C=O) groups excluding carboxylic acids is 1. The first-order chi connectivity index (χ1) is 8.74. The summed E-state index contributed by atoms with van der Waals surface area (Å²) in [7, 11) is 0. The molecule has 1 N–H and O–H groups in total. The number of nitrogens with one attached hydrogen (secondary N) is 1. The first kappa shape index (κ1) is 13.2. The third-order valence-electron chi connectivity index (χ3n) is 3.27. The molecule has 0 fully saturated rings. The zero-order valence-corrected chi connectivity index (χ0v) is 11.3. The molecule has 2 rings (SSSR count). The molecule has 2 nitrogen and oxygen atoms in total. The fourth-order valence-corrected chi connectivity index (χ4v) is 2.31. The zero-order valence-electron chi connectivity index (χ0n) is 10.4. The van der Waals surface area contributed by atoms with E-state index in [1.807, 2.05) is 24.3 Å². The lowest BCUT2D eigenvalue weighted by Gasteiger charge is -2.18. The van der Waals surface area contributed by atoms with Gasteiger partial charge in [-0.25, -0.2) is 0 Å². The van der Waals surface area contributed by atoms with E-state index in [1.54, 1.807) is 0 Å². The van der Waals surface area contributed by atoms with Gasteiger partial charge in [0, 0.05) is 11.4 Å². The molecule has 3 heteroatoms. The van der Waals surface area contributed by atoms with Crippen molar-refractivity contribution in [3.8, 4) is 0 Å². The monoisotopic (exact) mass is 261 g/mol. The second-order valence-corrected chi connectivity index (χ2v) is 5.31. The molecule has 0 heterocycles. The number of thiol groups is 1. The maximum atomic E-state index is 11.8. The number of carbonyl (C=O) groups is 1. The molecular weight excluding hydrogens is 242 g/mol. The topological polar surface area (TPSA) is 29.1 Å². The number of allylic oxidation sites excluding steroid dienone is 2. The minimum Gasteiger partial charge on any atom is -0.356 e. The summed E-state index contributed by atoms with van der Waals surface area (Å²) in [5, 5.41) is 3.02. The molecule has 1 unspecified atom stereocenters. The largest absolute Gasteiger partial charge is 0.356 e. The van der Waals surface area contributed by atoms with Crippen LogP contribution in [0.4, 0.5) is 0 Å². The Balaban J connectivity index is 1.74. The van der Waals surface area contributed by atoms with Gasteiger partial charge in [-0.3, -0.25) is 4.79 Å². The second-order valence-electron chi connectivity index (χ2n) is 4.80. The smallest absolute Gasteiger partial charge is 0.224 e. The SMILES string of the molecule is O=C(Cc1ccc(S)cc1)NCC1CC=CCC1. The van der Waals surface area contributed by atoms with Crippen LogP contribution in [0.25, 0.3) is 0 Å². The minimum atomic E-state index is 0.108. The molecule has 18 heavy (non-hydrogen) atoms. The van der Waals surface area contributed by atoms with Gasteiger partial charge in [-0.2, -0.15) is 0 Å². The van der Waals surface area contributed by atoms with E-state index in [0.717, 1.165) is 29.8 Å². The van der Waals surface area contributed by atoms with Crippen LogP contribution in [-0.2, 0) is 11.2 Å². The van der Waals surface area contributed by atoms with E-state index in [-0.39, 0.29) is 5.91 Å². The maximum Gasteiger partial charge on any atom is 0.224 e. The first-order valence-electron chi connectivity index (χ1n) is 6.43. The van der Waals surface area contributed by atoms with Gasteiger partial charge in [0.15, 0.2) is 0 Å². The van der Waals surface area contributed by atoms with Crippen LogP contribution in [0.2, 0.25) is 0 Å². The van der Waals surface area contributed by atoms with Gasteiger partial charge in [0.1, 0.15) is 0 Å². The summed E-state index contributed by atoms with van der Waals surface area (Å²) in [4.78, 5) is 12.7. The molecule has 0 bridgehead atoms. The Labute approximate surface area is 114 Å². The lowest BCUT2D eigenvalue weighted by atomic mass is 9.94. The molecule has 0 saturated heterocycles. The van der Waals surface area contributed by atoms with E-state index in [1.165, 1.54) is 6.42 Å². The van der Waals surface area contributed by atoms with Gasteiger partial charge in [-0.15, -0.1) is 12.6 Å². The fraction of sp³-hybridized carbons (Fsp3) is 0.400. The van der Waals surface area contributed by atoms with Crippen LogP contribution in [0.15, 0.2) is 41.3 Å². The molecule has 1 aliphatic carbocycles. The molecular formula is C15H19NOS. The summed E-state index contributed by atoms with van der Waals surface area (Å²) < 4.78 is 0. The number of rotatable bonds is 4. The highest BCUT2D eigenvalue weighted by Crippen LogP contribution is 2.17. The highest BCUT2D eigenvalue weighted by atomic mass is 32.1. The van der Waals surface area contributed by atoms with Crippen LogP contribution in [-0.4, -0.2) is 12.5 Å². The Morgan fingerprint density at radius 3 is 2.72 bits per heavy atom. The van der Waals surface area contributed by atoms with Crippen molar-refractivity contribution in [1.29, 1.82) is 0 Å². The fourth-order valence-electron chi connectivity index (χ4n) is 2.16. The Bertz CT molecular complexity index is 425. The van der Waals surface area contributed by atoms with Crippen LogP contribution in [0.5, 0.6) is 0 Å². The van der Waals surface area contributed by atoms with Gasteiger partial charge in [0.25, 0.3) is 0 Å². The Hall–Kier alpha value is -1.22. The van der Waals surface area contributed by atoms with Crippen LogP contribution < -0.4 is 5.32 Å². The highest BCUT2D eigenvalue weighted by molar-refractivity contribution is 7.80. The Kier molecular flexibility index (Phi) is 4.88. The van der Waals surface area contributed by atoms with Gasteiger partial charge in [-0.1, -0.05) is 24.3 Å².